The summed E-state index contributed by atoms with van der Waals surface area (Å²) in [7, 11) is 2.17. The van der Waals surface area contributed by atoms with Gasteiger partial charge < -0.3 is 20.6 Å². The molecule has 1 aliphatic heterocycles. The maximum atomic E-state index is 11.6. The van der Waals surface area contributed by atoms with Crippen molar-refractivity contribution in [2.24, 2.45) is 0 Å². The van der Waals surface area contributed by atoms with Gasteiger partial charge in [0.2, 0.25) is 0 Å². The van der Waals surface area contributed by atoms with Crippen LogP contribution in [0.5, 0.6) is 0 Å². The van der Waals surface area contributed by atoms with Gasteiger partial charge in [-0.15, -0.1) is 0 Å². The first-order valence-electron chi connectivity index (χ1n) is 8.73. The van der Waals surface area contributed by atoms with E-state index >= 15 is 0 Å². The van der Waals surface area contributed by atoms with E-state index in [4.69, 9.17) is 5.11 Å². The molecule has 2 amide bonds. The Bertz CT molecular complexity index is 495. The summed E-state index contributed by atoms with van der Waals surface area (Å²) in [5.74, 6) is 0. The zero-order chi connectivity index (χ0) is 17.4. The molecular weight excluding hydrogens is 304 g/mol. The third kappa shape index (κ3) is 6.11. The van der Waals surface area contributed by atoms with Gasteiger partial charge >= 0.3 is 6.03 Å². The monoisotopic (exact) mass is 334 g/mol. The molecule has 134 valence electrons. The summed E-state index contributed by atoms with van der Waals surface area (Å²) in [6.45, 7) is 6.68. The fourth-order valence-corrected chi connectivity index (χ4v) is 3.00. The van der Waals surface area contributed by atoms with Crippen molar-refractivity contribution in [2.45, 2.75) is 25.5 Å². The number of rotatable bonds is 7. The van der Waals surface area contributed by atoms with Gasteiger partial charge in [0.1, 0.15) is 0 Å². The lowest BCUT2D eigenvalue weighted by Crippen LogP contribution is -2.47. The summed E-state index contributed by atoms with van der Waals surface area (Å²) in [6.07, 6.45) is 0.391. The highest BCUT2D eigenvalue weighted by Crippen LogP contribution is 2.24. The van der Waals surface area contributed by atoms with Crippen LogP contribution in [-0.2, 0) is 0 Å². The smallest absolute Gasteiger partial charge is 0.314 e. The standard InChI is InChI=1S/C18H30N4O2/c1-15(23)13-20-18(24)19-9-6-10-22-12-11-21(2)14-17(22)16-7-4-3-5-8-16/h3-5,7-8,15,17,23H,6,9-14H2,1-2H3,(H2,19,20,24)/t15-,17?/m1/s1. The normalized spacial score (nSPS) is 20.5. The molecule has 0 aromatic heterocycles. The van der Waals surface area contributed by atoms with Crippen LogP contribution in [0.3, 0.4) is 0 Å². The van der Waals surface area contributed by atoms with Crippen LogP contribution in [0.4, 0.5) is 4.79 Å². The number of carbonyl (C=O) groups is 1. The van der Waals surface area contributed by atoms with E-state index in [2.05, 4.69) is 57.8 Å². The number of hydrogen-bond donors (Lipinski definition) is 3. The lowest BCUT2D eigenvalue weighted by atomic mass is 10.0. The molecule has 1 unspecified atom stereocenters. The minimum Gasteiger partial charge on any atom is -0.392 e. The van der Waals surface area contributed by atoms with Crippen LogP contribution < -0.4 is 10.6 Å². The maximum Gasteiger partial charge on any atom is 0.314 e. The second-order valence-electron chi connectivity index (χ2n) is 6.56. The van der Waals surface area contributed by atoms with Crippen molar-refractivity contribution in [1.29, 1.82) is 0 Å². The molecule has 0 spiro atoms. The largest absolute Gasteiger partial charge is 0.392 e. The Labute approximate surface area is 144 Å². The van der Waals surface area contributed by atoms with E-state index < -0.39 is 6.10 Å². The van der Waals surface area contributed by atoms with Crippen LogP contribution in [0, 0.1) is 0 Å². The highest BCUT2D eigenvalue weighted by molar-refractivity contribution is 5.73. The molecule has 2 atom stereocenters. The lowest BCUT2D eigenvalue weighted by molar-refractivity contribution is 0.0889. The fraction of sp³-hybridized carbons (Fsp3) is 0.611. The van der Waals surface area contributed by atoms with Crippen molar-refractivity contribution in [1.82, 2.24) is 20.4 Å². The van der Waals surface area contributed by atoms with E-state index in [1.165, 1.54) is 5.56 Å². The molecule has 0 radical (unpaired) electrons. The minimum atomic E-state index is -0.521. The van der Waals surface area contributed by atoms with Crippen LogP contribution in [-0.4, -0.2) is 73.4 Å². The van der Waals surface area contributed by atoms with Gasteiger partial charge in [-0.05, 0) is 26.0 Å². The topological polar surface area (TPSA) is 67.8 Å². The third-order valence-electron chi connectivity index (χ3n) is 4.34. The number of hydrogen-bond acceptors (Lipinski definition) is 4. The lowest BCUT2D eigenvalue weighted by Gasteiger charge is -2.40. The Kier molecular flexibility index (Phi) is 7.49. The summed E-state index contributed by atoms with van der Waals surface area (Å²) in [5, 5.41) is 14.6. The highest BCUT2D eigenvalue weighted by Gasteiger charge is 2.25. The van der Waals surface area contributed by atoms with E-state index in [-0.39, 0.29) is 12.6 Å². The molecule has 0 aliphatic carbocycles. The number of piperazine rings is 1. The quantitative estimate of drug-likeness (QED) is 0.652. The molecule has 3 N–H and O–H groups in total. The minimum absolute atomic E-state index is 0.214. The molecule has 6 heteroatoms. The number of aliphatic hydroxyl groups is 1. The van der Waals surface area contributed by atoms with E-state index in [1.807, 2.05) is 0 Å². The van der Waals surface area contributed by atoms with Gasteiger partial charge in [-0.1, -0.05) is 30.3 Å². The van der Waals surface area contributed by atoms with Crippen molar-refractivity contribution in [3.63, 3.8) is 0 Å². The number of carbonyl (C=O) groups excluding carboxylic acids is 1. The Morgan fingerprint density at radius 1 is 1.29 bits per heavy atom. The number of urea groups is 1. The Morgan fingerprint density at radius 3 is 2.75 bits per heavy atom. The summed E-state index contributed by atoms with van der Waals surface area (Å²) in [5.41, 5.74) is 1.35. The molecule has 1 heterocycles. The van der Waals surface area contributed by atoms with Crippen LogP contribution in [0.15, 0.2) is 30.3 Å². The second-order valence-corrected chi connectivity index (χ2v) is 6.56. The molecule has 6 nitrogen and oxygen atoms in total. The van der Waals surface area contributed by atoms with E-state index in [0.29, 0.717) is 12.6 Å². The first-order chi connectivity index (χ1) is 11.6. The van der Waals surface area contributed by atoms with Crippen molar-refractivity contribution in [3.8, 4) is 0 Å². The van der Waals surface area contributed by atoms with Crippen molar-refractivity contribution < 1.29 is 9.90 Å². The van der Waals surface area contributed by atoms with Gasteiger partial charge in [-0.2, -0.15) is 0 Å². The van der Waals surface area contributed by atoms with Crippen LogP contribution >= 0.6 is 0 Å². The summed E-state index contributed by atoms with van der Waals surface area (Å²) >= 11 is 0. The summed E-state index contributed by atoms with van der Waals surface area (Å²) < 4.78 is 0. The number of likely N-dealkylation sites (N-methyl/N-ethyl adjacent to an activating group) is 1. The van der Waals surface area contributed by atoms with E-state index in [0.717, 1.165) is 32.6 Å². The molecule has 0 saturated carbocycles. The fourth-order valence-electron chi connectivity index (χ4n) is 3.00. The second kappa shape index (κ2) is 9.61. The van der Waals surface area contributed by atoms with E-state index in [9.17, 15) is 4.79 Å². The molecule has 1 saturated heterocycles. The zero-order valence-electron chi connectivity index (χ0n) is 14.7. The van der Waals surface area contributed by atoms with Gasteiger partial charge in [0.15, 0.2) is 0 Å². The van der Waals surface area contributed by atoms with Gasteiger partial charge in [0, 0.05) is 45.3 Å². The molecule has 1 aromatic carbocycles. The van der Waals surface area contributed by atoms with Gasteiger partial charge in [0.25, 0.3) is 0 Å². The Balaban J connectivity index is 1.76. The predicted molar refractivity (Wildman–Crippen MR) is 96.0 cm³/mol. The Hall–Kier alpha value is -1.63. The van der Waals surface area contributed by atoms with E-state index in [1.54, 1.807) is 6.92 Å². The molecule has 24 heavy (non-hydrogen) atoms. The Morgan fingerprint density at radius 2 is 2.04 bits per heavy atom. The predicted octanol–water partition coefficient (Wildman–Crippen LogP) is 1.05. The van der Waals surface area contributed by atoms with Crippen molar-refractivity contribution >= 4 is 6.03 Å². The van der Waals surface area contributed by atoms with Crippen LogP contribution in [0.25, 0.3) is 0 Å². The number of nitrogens with zero attached hydrogens (tertiary/aromatic N) is 2. The molecule has 2 rings (SSSR count). The first kappa shape index (κ1) is 18.7. The first-order valence-corrected chi connectivity index (χ1v) is 8.73. The summed E-state index contributed by atoms with van der Waals surface area (Å²) in [4.78, 5) is 16.4. The molecule has 1 aromatic rings. The van der Waals surface area contributed by atoms with Gasteiger partial charge in [-0.25, -0.2) is 4.79 Å². The van der Waals surface area contributed by atoms with Crippen molar-refractivity contribution in [3.05, 3.63) is 35.9 Å². The number of benzene rings is 1. The highest BCUT2D eigenvalue weighted by atomic mass is 16.3. The van der Waals surface area contributed by atoms with Crippen molar-refractivity contribution in [2.75, 3.05) is 46.3 Å². The average molecular weight is 334 g/mol. The zero-order valence-corrected chi connectivity index (χ0v) is 14.7. The average Bonchev–Trinajstić information content (AvgIpc) is 2.58. The molecule has 1 aliphatic rings. The number of aliphatic hydroxyl groups excluding tert-OH is 1. The molecular formula is C18H30N4O2. The van der Waals surface area contributed by atoms with Gasteiger partial charge in [0.05, 0.1) is 6.10 Å². The van der Waals surface area contributed by atoms with Crippen LogP contribution in [0.1, 0.15) is 24.9 Å². The van der Waals surface area contributed by atoms with Gasteiger partial charge in [-0.3, -0.25) is 4.90 Å². The van der Waals surface area contributed by atoms with Crippen LogP contribution in [0.2, 0.25) is 0 Å². The molecule has 1 fully saturated rings. The molecule has 0 bridgehead atoms. The number of nitrogens with one attached hydrogen (secondary N) is 2. The summed E-state index contributed by atoms with van der Waals surface area (Å²) in [6, 6.07) is 10.8. The number of amides is 2. The maximum absolute atomic E-state index is 11.6. The third-order valence-corrected chi connectivity index (χ3v) is 4.34. The SMILES string of the molecule is C[C@@H](O)CNC(=O)NCCCN1CCN(C)CC1c1ccccc1.